The van der Waals surface area contributed by atoms with Gasteiger partial charge >= 0.3 is 6.18 Å². The monoisotopic (exact) mass is 349 g/mol. The van der Waals surface area contributed by atoms with E-state index < -0.39 is 11.7 Å². The number of fused-ring (bicyclic) bond motifs is 1. The van der Waals surface area contributed by atoms with Crippen molar-refractivity contribution in [3.63, 3.8) is 0 Å². The fourth-order valence-corrected chi connectivity index (χ4v) is 2.31. The number of nitrogens with one attached hydrogen (secondary N) is 1. The number of hydrogen-bond acceptors (Lipinski definition) is 4. The van der Waals surface area contributed by atoms with Crippen molar-refractivity contribution in [1.29, 1.82) is 0 Å². The Labute approximate surface area is 140 Å². The summed E-state index contributed by atoms with van der Waals surface area (Å²) >= 11 is 0. The Morgan fingerprint density at radius 3 is 2.64 bits per heavy atom. The van der Waals surface area contributed by atoms with Gasteiger partial charge in [0.1, 0.15) is 0 Å². The van der Waals surface area contributed by atoms with Crippen molar-refractivity contribution in [1.82, 2.24) is 24.9 Å². The van der Waals surface area contributed by atoms with Gasteiger partial charge in [-0.3, -0.25) is 14.2 Å². The second-order valence-electron chi connectivity index (χ2n) is 5.39. The average Bonchev–Trinajstić information content (AvgIpc) is 3.00. The van der Waals surface area contributed by atoms with E-state index in [1.165, 1.54) is 10.6 Å². The highest BCUT2D eigenvalue weighted by molar-refractivity contribution is 5.76. The third-order valence-electron chi connectivity index (χ3n) is 3.64. The van der Waals surface area contributed by atoms with E-state index >= 15 is 0 Å². The van der Waals surface area contributed by atoms with E-state index in [-0.39, 0.29) is 18.1 Å². The van der Waals surface area contributed by atoms with Crippen molar-refractivity contribution >= 4 is 11.6 Å². The van der Waals surface area contributed by atoms with E-state index in [0.29, 0.717) is 18.7 Å². The lowest BCUT2D eigenvalue weighted by Gasteiger charge is -2.07. The summed E-state index contributed by atoms with van der Waals surface area (Å²) in [5.74, 6) is 0.182. The highest BCUT2D eigenvalue weighted by Gasteiger charge is 2.31. The maximum Gasteiger partial charge on any atom is 0.416 e. The number of aromatic nitrogens is 4. The summed E-state index contributed by atoms with van der Waals surface area (Å²) in [6.07, 6.45) is 0.990. The fraction of sp³-hybridized carbons (Fsp3) is 0.250. The highest BCUT2D eigenvalue weighted by Crippen LogP contribution is 2.29. The smallest absolute Gasteiger partial charge is 0.349 e. The number of pyridine rings is 2. The van der Waals surface area contributed by atoms with Crippen LogP contribution in [0.5, 0.6) is 0 Å². The molecule has 0 radical (unpaired) electrons. The van der Waals surface area contributed by atoms with E-state index in [4.69, 9.17) is 0 Å². The second kappa shape index (κ2) is 6.88. The number of aryl methyl sites for hydroxylation is 1. The first-order valence-electron chi connectivity index (χ1n) is 7.50. The van der Waals surface area contributed by atoms with Crippen LogP contribution in [-0.2, 0) is 23.9 Å². The van der Waals surface area contributed by atoms with Gasteiger partial charge in [-0.2, -0.15) is 13.2 Å². The van der Waals surface area contributed by atoms with Crippen LogP contribution in [0.3, 0.4) is 0 Å². The second-order valence-corrected chi connectivity index (χ2v) is 5.39. The lowest BCUT2D eigenvalue weighted by Crippen LogP contribution is -2.24. The fourth-order valence-electron chi connectivity index (χ4n) is 2.31. The third kappa shape index (κ3) is 4.11. The molecule has 0 atom stereocenters. The molecule has 0 aromatic carbocycles. The minimum absolute atomic E-state index is 0.0795. The molecule has 0 spiro atoms. The molecule has 3 aromatic rings. The summed E-state index contributed by atoms with van der Waals surface area (Å²) in [6, 6.07) is 5.53. The van der Waals surface area contributed by atoms with Gasteiger partial charge in [0.05, 0.1) is 12.1 Å². The summed E-state index contributed by atoms with van der Waals surface area (Å²) in [4.78, 5) is 15.8. The van der Waals surface area contributed by atoms with Crippen LogP contribution in [0, 0.1) is 0 Å². The molecule has 9 heteroatoms. The zero-order valence-corrected chi connectivity index (χ0v) is 13.0. The van der Waals surface area contributed by atoms with Crippen LogP contribution in [-0.4, -0.2) is 25.5 Å². The summed E-state index contributed by atoms with van der Waals surface area (Å²) in [5, 5.41) is 10.2. The van der Waals surface area contributed by atoms with Gasteiger partial charge in [0, 0.05) is 25.0 Å². The van der Waals surface area contributed by atoms with Crippen LogP contribution in [0.25, 0.3) is 5.65 Å². The van der Waals surface area contributed by atoms with Crippen molar-refractivity contribution in [2.75, 3.05) is 0 Å². The zero-order chi connectivity index (χ0) is 17.9. The average molecular weight is 349 g/mol. The zero-order valence-electron chi connectivity index (χ0n) is 13.0. The molecule has 0 unspecified atom stereocenters. The molecular weight excluding hydrogens is 335 g/mol. The molecule has 1 N–H and O–H groups in total. The van der Waals surface area contributed by atoms with Crippen molar-refractivity contribution in [3.8, 4) is 0 Å². The minimum Gasteiger partial charge on any atom is -0.349 e. The number of rotatable bonds is 5. The van der Waals surface area contributed by atoms with Gasteiger partial charge in [-0.15, -0.1) is 10.2 Å². The van der Waals surface area contributed by atoms with Crippen LogP contribution in [0.2, 0.25) is 0 Å². The van der Waals surface area contributed by atoms with Gasteiger partial charge in [0.2, 0.25) is 5.91 Å². The van der Waals surface area contributed by atoms with Gasteiger partial charge < -0.3 is 5.32 Å². The lowest BCUT2D eigenvalue weighted by atomic mass is 10.1. The summed E-state index contributed by atoms with van der Waals surface area (Å²) in [6.45, 7) is 0.0850. The van der Waals surface area contributed by atoms with Crippen LogP contribution >= 0.6 is 0 Å². The molecular formula is C16H14F3N5O. The first-order chi connectivity index (χ1) is 11.9. The number of carbonyl (C=O) groups is 1. The quantitative estimate of drug-likeness (QED) is 0.768. The molecule has 3 heterocycles. The number of amides is 1. The van der Waals surface area contributed by atoms with Crippen molar-refractivity contribution in [2.45, 2.75) is 25.6 Å². The Kier molecular flexibility index (Phi) is 4.64. The van der Waals surface area contributed by atoms with Gasteiger partial charge in [-0.25, -0.2) is 0 Å². The van der Waals surface area contributed by atoms with Gasteiger partial charge in [-0.1, -0.05) is 0 Å². The molecule has 0 fully saturated rings. The number of alkyl halides is 3. The Balaban J connectivity index is 1.60. The molecule has 3 aromatic heterocycles. The summed E-state index contributed by atoms with van der Waals surface area (Å²) in [7, 11) is 0. The Morgan fingerprint density at radius 2 is 1.92 bits per heavy atom. The molecule has 0 aliphatic heterocycles. The van der Waals surface area contributed by atoms with Crippen LogP contribution in [0.1, 0.15) is 23.4 Å². The van der Waals surface area contributed by atoms with Crippen molar-refractivity contribution < 1.29 is 18.0 Å². The van der Waals surface area contributed by atoms with Gasteiger partial charge in [0.25, 0.3) is 0 Å². The Morgan fingerprint density at radius 1 is 1.16 bits per heavy atom. The van der Waals surface area contributed by atoms with E-state index in [0.717, 1.165) is 17.7 Å². The molecule has 3 rings (SSSR count). The SMILES string of the molecule is O=C(CCc1ccncc1)NCc1nnc2cc(C(F)(F)F)ccn12. The summed E-state index contributed by atoms with van der Waals surface area (Å²) in [5.41, 5.74) is 0.286. The normalized spacial score (nSPS) is 11.6. The predicted octanol–water partition coefficient (Wildman–Crippen LogP) is 2.39. The minimum atomic E-state index is -4.44. The van der Waals surface area contributed by atoms with Crippen molar-refractivity contribution in [3.05, 3.63) is 59.8 Å². The standard InChI is InChI=1S/C16H14F3N5O/c17-16(18,19)12-5-8-24-13(9-12)22-23-14(24)10-21-15(25)2-1-11-3-6-20-7-4-11/h3-9H,1-2,10H2,(H,21,25). The predicted molar refractivity (Wildman–Crippen MR) is 82.4 cm³/mol. The van der Waals surface area contributed by atoms with E-state index in [9.17, 15) is 18.0 Å². The van der Waals surface area contributed by atoms with Crippen LogP contribution < -0.4 is 5.32 Å². The van der Waals surface area contributed by atoms with Crippen LogP contribution in [0.15, 0.2) is 42.9 Å². The maximum atomic E-state index is 12.7. The first kappa shape index (κ1) is 16.9. The van der Waals surface area contributed by atoms with Crippen molar-refractivity contribution in [2.24, 2.45) is 0 Å². The number of halogens is 3. The molecule has 0 saturated carbocycles. The molecule has 0 bridgehead atoms. The highest BCUT2D eigenvalue weighted by atomic mass is 19.4. The topological polar surface area (TPSA) is 72.2 Å². The maximum absolute atomic E-state index is 12.7. The molecule has 0 aliphatic rings. The lowest BCUT2D eigenvalue weighted by molar-refractivity contribution is -0.137. The number of carbonyl (C=O) groups excluding carboxylic acids is 1. The largest absolute Gasteiger partial charge is 0.416 e. The van der Waals surface area contributed by atoms with Gasteiger partial charge in [0.15, 0.2) is 11.5 Å². The molecule has 130 valence electrons. The van der Waals surface area contributed by atoms with E-state index in [1.54, 1.807) is 12.4 Å². The number of hydrogen-bond donors (Lipinski definition) is 1. The molecule has 25 heavy (non-hydrogen) atoms. The Bertz CT molecular complexity index is 876. The van der Waals surface area contributed by atoms with Gasteiger partial charge in [-0.05, 0) is 36.2 Å². The van der Waals surface area contributed by atoms with E-state index in [2.05, 4.69) is 20.5 Å². The van der Waals surface area contributed by atoms with Crippen LogP contribution in [0.4, 0.5) is 13.2 Å². The Hall–Kier alpha value is -2.97. The molecule has 0 saturated heterocycles. The van der Waals surface area contributed by atoms with E-state index in [1.807, 2.05) is 12.1 Å². The summed E-state index contributed by atoms with van der Waals surface area (Å²) < 4.78 is 39.5. The number of nitrogens with zero attached hydrogens (tertiary/aromatic N) is 4. The molecule has 0 aliphatic carbocycles. The molecule has 6 nitrogen and oxygen atoms in total. The molecule has 1 amide bonds. The third-order valence-corrected chi connectivity index (χ3v) is 3.64. The first-order valence-corrected chi connectivity index (χ1v) is 7.50.